The number of allylic oxidation sites excluding steroid dienone is 2. The number of carbonyl (C=O) groups excluding carboxylic acids is 2. The molecule has 0 aromatic carbocycles. The van der Waals surface area contributed by atoms with Gasteiger partial charge in [0.15, 0.2) is 0 Å². The van der Waals surface area contributed by atoms with E-state index < -0.39 is 0 Å². The van der Waals surface area contributed by atoms with Crippen LogP contribution in [-0.4, -0.2) is 31.9 Å². The first kappa shape index (κ1) is 10.2. The van der Waals surface area contributed by atoms with Crippen molar-refractivity contribution in [3.63, 3.8) is 0 Å². The molecule has 0 saturated carbocycles. The lowest BCUT2D eigenvalue weighted by Gasteiger charge is -2.14. The van der Waals surface area contributed by atoms with Crippen LogP contribution >= 0.6 is 0 Å². The molecule has 0 radical (unpaired) electrons. The molecule has 1 saturated heterocycles. The van der Waals surface area contributed by atoms with Gasteiger partial charge in [-0.15, -0.1) is 0 Å². The van der Waals surface area contributed by atoms with E-state index >= 15 is 0 Å². The molecule has 2 aliphatic rings. The van der Waals surface area contributed by atoms with Gasteiger partial charge >= 0.3 is 0 Å². The number of amides is 2. The summed E-state index contributed by atoms with van der Waals surface area (Å²) in [6.45, 7) is 0.199. The predicted octanol–water partition coefficient (Wildman–Crippen LogP) is 0.256. The number of nitrogens with zero attached hydrogens (tertiary/aromatic N) is 3. The highest BCUT2D eigenvalue weighted by Gasteiger charge is 2.47. The topological polar surface area (TPSA) is 79.0 Å². The fourth-order valence-corrected chi connectivity index (χ4v) is 2.48. The van der Waals surface area contributed by atoms with Crippen molar-refractivity contribution in [1.82, 2.24) is 20.1 Å². The normalized spacial score (nSPS) is 27.6. The predicted molar refractivity (Wildman–Crippen MR) is 57.3 cm³/mol. The van der Waals surface area contributed by atoms with Gasteiger partial charge in [0.05, 0.1) is 18.4 Å². The average Bonchev–Trinajstić information content (AvgIpc) is 2.94. The van der Waals surface area contributed by atoms with Gasteiger partial charge in [-0.1, -0.05) is 12.2 Å². The molecule has 3 rings (SSSR count). The number of aromatic nitrogens is 3. The van der Waals surface area contributed by atoms with Crippen LogP contribution in [0.2, 0.25) is 0 Å². The Morgan fingerprint density at radius 2 is 1.88 bits per heavy atom. The van der Waals surface area contributed by atoms with Crippen LogP contribution in [0.3, 0.4) is 0 Å². The summed E-state index contributed by atoms with van der Waals surface area (Å²) in [6.07, 6.45) is 6.66. The number of nitrogens with one attached hydrogen (secondary N) is 1. The molecule has 1 fully saturated rings. The number of rotatable bonds is 2. The van der Waals surface area contributed by atoms with E-state index in [1.54, 1.807) is 0 Å². The summed E-state index contributed by atoms with van der Waals surface area (Å²) in [5.74, 6) is 0.0330. The second-order valence-corrected chi connectivity index (χ2v) is 4.35. The van der Waals surface area contributed by atoms with Crippen molar-refractivity contribution in [3.8, 4) is 0 Å². The standard InChI is InChI=1S/C11H12N4O2/c16-10-7-3-1-2-4-8(7)11(17)15(10)5-9-12-6-13-14-9/h1-2,6-8H,3-5H2,(H,12,13,14)/t7-,8+. The van der Waals surface area contributed by atoms with Crippen molar-refractivity contribution >= 4 is 11.8 Å². The van der Waals surface area contributed by atoms with Crippen LogP contribution in [-0.2, 0) is 16.1 Å². The molecule has 2 amide bonds. The van der Waals surface area contributed by atoms with Gasteiger partial charge in [-0.25, -0.2) is 4.98 Å². The monoisotopic (exact) mass is 232 g/mol. The summed E-state index contributed by atoms with van der Waals surface area (Å²) in [6, 6.07) is 0. The molecule has 1 aromatic rings. The zero-order valence-corrected chi connectivity index (χ0v) is 9.17. The summed E-state index contributed by atoms with van der Waals surface area (Å²) < 4.78 is 0. The molecular formula is C11H12N4O2. The van der Waals surface area contributed by atoms with Gasteiger partial charge in [-0.3, -0.25) is 19.6 Å². The van der Waals surface area contributed by atoms with Gasteiger partial charge in [0.2, 0.25) is 11.8 Å². The molecule has 0 bridgehead atoms. The highest BCUT2D eigenvalue weighted by Crippen LogP contribution is 2.35. The molecule has 2 heterocycles. The lowest BCUT2D eigenvalue weighted by atomic mass is 9.85. The van der Waals surface area contributed by atoms with Crippen LogP contribution in [0.4, 0.5) is 0 Å². The number of likely N-dealkylation sites (tertiary alicyclic amines) is 1. The largest absolute Gasteiger partial charge is 0.274 e. The van der Waals surface area contributed by atoms with E-state index in [4.69, 9.17) is 0 Å². The minimum Gasteiger partial charge on any atom is -0.274 e. The molecule has 88 valence electrons. The average molecular weight is 232 g/mol. The molecule has 0 spiro atoms. The second-order valence-electron chi connectivity index (χ2n) is 4.35. The van der Waals surface area contributed by atoms with Crippen molar-refractivity contribution in [2.75, 3.05) is 0 Å². The summed E-state index contributed by atoms with van der Waals surface area (Å²) >= 11 is 0. The molecule has 1 aliphatic heterocycles. The van der Waals surface area contributed by atoms with E-state index in [0.717, 1.165) is 0 Å². The molecule has 6 heteroatoms. The van der Waals surface area contributed by atoms with E-state index in [-0.39, 0.29) is 30.2 Å². The summed E-state index contributed by atoms with van der Waals surface area (Å²) in [5.41, 5.74) is 0. The van der Waals surface area contributed by atoms with Crippen LogP contribution in [0.1, 0.15) is 18.7 Å². The Labute approximate surface area is 97.7 Å². The van der Waals surface area contributed by atoms with E-state index in [2.05, 4.69) is 15.2 Å². The molecule has 1 aromatic heterocycles. The molecule has 2 atom stereocenters. The third kappa shape index (κ3) is 1.56. The first-order chi connectivity index (χ1) is 8.27. The highest BCUT2D eigenvalue weighted by atomic mass is 16.2. The minimum atomic E-state index is -0.171. The maximum absolute atomic E-state index is 12.1. The lowest BCUT2D eigenvalue weighted by molar-refractivity contribution is -0.140. The number of fused-ring (bicyclic) bond motifs is 1. The van der Waals surface area contributed by atoms with Gasteiger partial charge in [0.25, 0.3) is 0 Å². The summed E-state index contributed by atoms with van der Waals surface area (Å²) in [7, 11) is 0. The van der Waals surface area contributed by atoms with Crippen molar-refractivity contribution in [2.24, 2.45) is 11.8 Å². The maximum Gasteiger partial charge on any atom is 0.233 e. The summed E-state index contributed by atoms with van der Waals surface area (Å²) in [4.78, 5) is 29.4. The molecule has 0 unspecified atom stereocenters. The third-order valence-corrected chi connectivity index (χ3v) is 3.37. The Balaban J connectivity index is 1.82. The van der Waals surface area contributed by atoms with Crippen LogP contribution in [0.5, 0.6) is 0 Å². The minimum absolute atomic E-state index is 0.0826. The number of imide groups is 1. The van der Waals surface area contributed by atoms with Crippen LogP contribution in [0.25, 0.3) is 0 Å². The molecule has 1 aliphatic carbocycles. The first-order valence-electron chi connectivity index (χ1n) is 5.62. The van der Waals surface area contributed by atoms with Crippen molar-refractivity contribution in [3.05, 3.63) is 24.3 Å². The van der Waals surface area contributed by atoms with E-state index in [1.165, 1.54) is 11.2 Å². The van der Waals surface area contributed by atoms with Gasteiger partial charge < -0.3 is 0 Å². The smallest absolute Gasteiger partial charge is 0.233 e. The zero-order chi connectivity index (χ0) is 11.8. The summed E-state index contributed by atoms with van der Waals surface area (Å²) in [5, 5.41) is 6.37. The Bertz CT molecular complexity index is 454. The maximum atomic E-state index is 12.1. The number of hydrogen-bond donors (Lipinski definition) is 1. The van der Waals surface area contributed by atoms with Crippen molar-refractivity contribution in [2.45, 2.75) is 19.4 Å². The van der Waals surface area contributed by atoms with E-state index in [1.807, 2.05) is 12.2 Å². The second kappa shape index (κ2) is 3.80. The van der Waals surface area contributed by atoms with Gasteiger partial charge in [-0.05, 0) is 12.8 Å². The molecular weight excluding hydrogens is 220 g/mol. The van der Waals surface area contributed by atoms with Gasteiger partial charge in [0, 0.05) is 0 Å². The van der Waals surface area contributed by atoms with Gasteiger partial charge in [-0.2, -0.15) is 5.10 Å². The molecule has 1 N–H and O–H groups in total. The fraction of sp³-hybridized carbons (Fsp3) is 0.455. The lowest BCUT2D eigenvalue weighted by Crippen LogP contribution is -2.31. The quantitative estimate of drug-likeness (QED) is 0.585. The molecule has 6 nitrogen and oxygen atoms in total. The first-order valence-corrected chi connectivity index (χ1v) is 5.62. The van der Waals surface area contributed by atoms with Crippen LogP contribution in [0, 0.1) is 11.8 Å². The van der Waals surface area contributed by atoms with E-state index in [9.17, 15) is 9.59 Å². The number of hydrogen-bond acceptors (Lipinski definition) is 4. The Morgan fingerprint density at radius 1 is 1.24 bits per heavy atom. The number of H-pyrrole nitrogens is 1. The Morgan fingerprint density at radius 3 is 2.41 bits per heavy atom. The van der Waals surface area contributed by atoms with Crippen molar-refractivity contribution < 1.29 is 9.59 Å². The zero-order valence-electron chi connectivity index (χ0n) is 9.17. The number of aromatic amines is 1. The van der Waals surface area contributed by atoms with Crippen LogP contribution in [0.15, 0.2) is 18.5 Å². The Kier molecular flexibility index (Phi) is 2.28. The molecule has 17 heavy (non-hydrogen) atoms. The third-order valence-electron chi connectivity index (χ3n) is 3.37. The number of carbonyl (C=O) groups is 2. The van der Waals surface area contributed by atoms with Crippen LogP contribution < -0.4 is 0 Å². The highest BCUT2D eigenvalue weighted by molar-refractivity contribution is 6.05. The van der Waals surface area contributed by atoms with Crippen molar-refractivity contribution in [1.29, 1.82) is 0 Å². The Hall–Kier alpha value is -1.98. The van der Waals surface area contributed by atoms with Gasteiger partial charge in [0.1, 0.15) is 12.2 Å². The van der Waals surface area contributed by atoms with E-state index in [0.29, 0.717) is 18.7 Å². The fourth-order valence-electron chi connectivity index (χ4n) is 2.48. The SMILES string of the molecule is O=C1[C@H]2CC=CC[C@H]2C(=O)N1Cc1ncn[nH]1.